The van der Waals surface area contributed by atoms with Gasteiger partial charge in [-0.2, -0.15) is 0 Å². The van der Waals surface area contributed by atoms with E-state index in [2.05, 4.69) is 78.0 Å². The average Bonchev–Trinajstić information content (AvgIpc) is 2.22. The summed E-state index contributed by atoms with van der Waals surface area (Å²) in [6, 6.07) is 8.70. The fourth-order valence-electron chi connectivity index (χ4n) is 1.71. The van der Waals surface area contributed by atoms with E-state index in [1.54, 1.807) is 0 Å². The maximum atomic E-state index is 2.37. The molecule has 0 N–H and O–H groups in total. The van der Waals surface area contributed by atoms with Crippen LogP contribution >= 0.6 is 0 Å². The largest absolute Gasteiger partial charge is 0.0762 e. The van der Waals surface area contributed by atoms with Gasteiger partial charge < -0.3 is 0 Å². The third kappa shape index (κ3) is 6.05. The Balaban J connectivity index is 3.07. The molecule has 0 radical (unpaired) electrons. The van der Waals surface area contributed by atoms with Crippen molar-refractivity contribution < 1.29 is 0 Å². The van der Waals surface area contributed by atoms with Gasteiger partial charge in [0.05, 0.1) is 0 Å². The Bertz CT molecular complexity index is 431. The van der Waals surface area contributed by atoms with Gasteiger partial charge in [0.25, 0.3) is 0 Å². The average molecular weight is 244 g/mol. The fourth-order valence-corrected chi connectivity index (χ4v) is 1.71. The second-order valence-corrected chi connectivity index (χ2v) is 7.57. The van der Waals surface area contributed by atoms with E-state index < -0.39 is 0 Å². The van der Waals surface area contributed by atoms with Gasteiger partial charge in [0.2, 0.25) is 0 Å². The van der Waals surface area contributed by atoms with Gasteiger partial charge in [0.15, 0.2) is 0 Å². The molecule has 18 heavy (non-hydrogen) atoms. The molecule has 100 valence electrons. The van der Waals surface area contributed by atoms with E-state index in [4.69, 9.17) is 0 Å². The molecule has 0 unspecified atom stereocenters. The third-order valence-electron chi connectivity index (χ3n) is 2.86. The maximum Gasteiger partial charge on any atom is -0.0227 e. The molecule has 1 aromatic carbocycles. The van der Waals surface area contributed by atoms with Crippen LogP contribution < -0.4 is 10.4 Å². The van der Waals surface area contributed by atoms with Crippen LogP contribution in [-0.4, -0.2) is 0 Å². The van der Waals surface area contributed by atoms with Crippen molar-refractivity contribution in [2.45, 2.75) is 54.4 Å². The van der Waals surface area contributed by atoms with Crippen molar-refractivity contribution in [3.05, 3.63) is 34.7 Å². The highest BCUT2D eigenvalue weighted by Gasteiger charge is 2.08. The molecule has 1 rings (SSSR count). The molecule has 0 aliphatic carbocycles. The summed E-state index contributed by atoms with van der Waals surface area (Å²) in [5.74, 6) is 0. The summed E-state index contributed by atoms with van der Waals surface area (Å²) in [5.41, 5.74) is 0.717. The Morgan fingerprint density at radius 2 is 1.06 bits per heavy atom. The second kappa shape index (κ2) is 5.73. The predicted octanol–water partition coefficient (Wildman–Crippen LogP) is 4.12. The normalized spacial score (nSPS) is 15.2. The minimum atomic E-state index is 0.358. The third-order valence-corrected chi connectivity index (χ3v) is 2.86. The molecule has 0 fully saturated rings. The molecule has 0 aliphatic heterocycles. The van der Waals surface area contributed by atoms with Gasteiger partial charge >= 0.3 is 0 Å². The maximum absolute atomic E-state index is 2.37. The number of hydrogen-bond donors (Lipinski definition) is 0. The Morgan fingerprint density at radius 1 is 0.722 bits per heavy atom. The van der Waals surface area contributed by atoms with Crippen LogP contribution in [0, 0.1) is 10.8 Å². The summed E-state index contributed by atoms with van der Waals surface area (Å²) < 4.78 is 0. The minimum absolute atomic E-state index is 0.358. The van der Waals surface area contributed by atoms with Crippen LogP contribution in [0.15, 0.2) is 24.3 Å². The van der Waals surface area contributed by atoms with E-state index in [0.29, 0.717) is 10.8 Å². The van der Waals surface area contributed by atoms with Crippen molar-refractivity contribution >= 4 is 12.2 Å². The first-order valence-corrected chi connectivity index (χ1v) is 6.93. The van der Waals surface area contributed by atoms with Crippen LogP contribution in [0.4, 0.5) is 0 Å². The Morgan fingerprint density at radius 3 is 1.33 bits per heavy atom. The van der Waals surface area contributed by atoms with Crippen LogP contribution in [0.5, 0.6) is 0 Å². The monoisotopic (exact) mass is 244 g/mol. The zero-order valence-electron chi connectivity index (χ0n) is 12.9. The van der Waals surface area contributed by atoms with E-state index in [1.165, 1.54) is 10.4 Å². The molecule has 0 aliphatic rings. The van der Waals surface area contributed by atoms with Crippen LogP contribution in [0.2, 0.25) is 0 Å². The highest BCUT2D eigenvalue weighted by Crippen LogP contribution is 2.19. The first-order chi connectivity index (χ1) is 8.17. The molecule has 0 amide bonds. The molecule has 0 saturated carbocycles. The van der Waals surface area contributed by atoms with E-state index in [1.807, 2.05) is 0 Å². The zero-order valence-corrected chi connectivity index (χ0v) is 12.9. The summed E-state index contributed by atoms with van der Waals surface area (Å²) in [4.78, 5) is 0. The molecule has 0 aromatic heterocycles. The van der Waals surface area contributed by atoms with Crippen LogP contribution in [0.3, 0.4) is 0 Å². The molecule has 0 heterocycles. The lowest BCUT2D eigenvalue weighted by Gasteiger charge is -2.15. The first kappa shape index (κ1) is 15.0. The topological polar surface area (TPSA) is 0 Å². The Hall–Kier alpha value is -1.04. The summed E-state index contributed by atoms with van der Waals surface area (Å²) in [6.45, 7) is 13.7. The van der Waals surface area contributed by atoms with Gasteiger partial charge in [-0.25, -0.2) is 0 Å². The summed E-state index contributed by atoms with van der Waals surface area (Å²) in [5, 5.41) is 2.74. The summed E-state index contributed by atoms with van der Waals surface area (Å²) in [6.07, 6.45) is 6.98. The van der Waals surface area contributed by atoms with Crippen LogP contribution in [0.25, 0.3) is 12.2 Å². The SMILES string of the molecule is CC(C)(C)CC=c1ccccc1=CCC(C)(C)C. The highest BCUT2D eigenvalue weighted by molar-refractivity contribution is 5.32. The minimum Gasteiger partial charge on any atom is -0.0762 e. The van der Waals surface area contributed by atoms with Gasteiger partial charge in [-0.1, -0.05) is 78.0 Å². The van der Waals surface area contributed by atoms with Gasteiger partial charge in [0, 0.05) is 0 Å². The quantitative estimate of drug-likeness (QED) is 0.734. The molecular formula is C18H28. The van der Waals surface area contributed by atoms with Crippen molar-refractivity contribution in [3.63, 3.8) is 0 Å². The highest BCUT2D eigenvalue weighted by atomic mass is 14.1. The molecule has 0 nitrogen and oxygen atoms in total. The van der Waals surface area contributed by atoms with Gasteiger partial charge in [-0.15, -0.1) is 0 Å². The number of benzene rings is 1. The number of rotatable bonds is 2. The first-order valence-electron chi connectivity index (χ1n) is 6.93. The Labute approximate surface area is 112 Å². The standard InChI is InChI=1S/C18H28/c1-17(2,3)13-11-15-9-7-8-10-16(15)12-14-18(4,5)6/h7-12H,13-14H2,1-6H3. The van der Waals surface area contributed by atoms with Crippen molar-refractivity contribution in [1.82, 2.24) is 0 Å². The van der Waals surface area contributed by atoms with E-state index in [9.17, 15) is 0 Å². The lowest BCUT2D eigenvalue weighted by atomic mass is 9.90. The molecule has 1 aromatic rings. The fraction of sp³-hybridized carbons (Fsp3) is 0.556. The van der Waals surface area contributed by atoms with Crippen LogP contribution in [-0.2, 0) is 0 Å². The van der Waals surface area contributed by atoms with E-state index in [-0.39, 0.29) is 0 Å². The van der Waals surface area contributed by atoms with Crippen molar-refractivity contribution in [2.75, 3.05) is 0 Å². The lowest BCUT2D eigenvalue weighted by molar-refractivity contribution is 0.430. The van der Waals surface area contributed by atoms with Crippen molar-refractivity contribution in [2.24, 2.45) is 10.8 Å². The molecule has 0 bridgehead atoms. The second-order valence-electron chi connectivity index (χ2n) is 7.57. The molecule has 0 saturated heterocycles. The van der Waals surface area contributed by atoms with E-state index in [0.717, 1.165) is 12.8 Å². The van der Waals surface area contributed by atoms with Crippen molar-refractivity contribution in [1.29, 1.82) is 0 Å². The smallest absolute Gasteiger partial charge is 0.0227 e. The van der Waals surface area contributed by atoms with E-state index >= 15 is 0 Å². The summed E-state index contributed by atoms with van der Waals surface area (Å²) >= 11 is 0. The molecule has 0 spiro atoms. The molecule has 0 heteroatoms. The zero-order chi connectivity index (χ0) is 13.8. The molecule has 0 atom stereocenters. The van der Waals surface area contributed by atoms with Gasteiger partial charge in [0.1, 0.15) is 0 Å². The Kier molecular flexibility index (Phi) is 4.78. The van der Waals surface area contributed by atoms with Crippen LogP contribution in [0.1, 0.15) is 54.4 Å². The lowest BCUT2D eigenvalue weighted by Crippen LogP contribution is -2.25. The van der Waals surface area contributed by atoms with Gasteiger partial charge in [-0.3, -0.25) is 0 Å². The van der Waals surface area contributed by atoms with Gasteiger partial charge in [-0.05, 0) is 34.1 Å². The predicted molar refractivity (Wildman–Crippen MR) is 82.8 cm³/mol. The summed E-state index contributed by atoms with van der Waals surface area (Å²) in [7, 11) is 0. The molecular weight excluding hydrogens is 216 g/mol. The number of hydrogen-bond acceptors (Lipinski definition) is 0. The van der Waals surface area contributed by atoms with Crippen molar-refractivity contribution in [3.8, 4) is 0 Å².